The van der Waals surface area contributed by atoms with Gasteiger partial charge in [-0.25, -0.2) is 4.57 Å². The van der Waals surface area contributed by atoms with E-state index in [-0.39, 0.29) is 25.9 Å². The summed E-state index contributed by atoms with van der Waals surface area (Å²) in [4.78, 5) is 48.6. The fourth-order valence-electron chi connectivity index (χ4n) is 9.10. The number of unbranched alkanes of at least 4 members (excludes halogenated alkanes) is 38. The molecule has 0 amide bonds. The van der Waals surface area contributed by atoms with E-state index in [9.17, 15) is 28.9 Å². The Labute approximate surface area is 455 Å². The molecule has 0 heterocycles. The van der Waals surface area contributed by atoms with E-state index in [1.807, 2.05) is 0 Å². The number of esters is 3. The van der Waals surface area contributed by atoms with Crippen molar-refractivity contribution in [2.75, 3.05) is 26.4 Å². The molecule has 0 aromatic heterocycles. The summed E-state index contributed by atoms with van der Waals surface area (Å²) in [6.07, 6.45) is 58.4. The van der Waals surface area contributed by atoms with Crippen LogP contribution < -0.4 is 0 Å². The summed E-state index contributed by atoms with van der Waals surface area (Å²) in [5, 5.41) is 9.84. The van der Waals surface area contributed by atoms with Gasteiger partial charge in [0.25, 0.3) is 0 Å². The average molecular weight is 1070 g/mol. The molecule has 0 aliphatic rings. The number of aliphatic hydroxyl groups excluding tert-OH is 1. The number of carbonyl (C=O) groups excluding carboxylic acids is 3. The highest BCUT2D eigenvalue weighted by Crippen LogP contribution is 2.43. The molecular weight excluding hydrogens is 952 g/mol. The summed E-state index contributed by atoms with van der Waals surface area (Å²) in [5.41, 5.74) is 0. The predicted molar refractivity (Wildman–Crippen MR) is 307 cm³/mol. The fraction of sp³-hybridized carbons (Fsp3) is 0.887. The second-order valence-electron chi connectivity index (χ2n) is 21.2. The van der Waals surface area contributed by atoms with Crippen molar-refractivity contribution in [2.24, 2.45) is 0 Å². The first-order valence-electron chi connectivity index (χ1n) is 31.2. The van der Waals surface area contributed by atoms with E-state index in [2.05, 4.69) is 45.1 Å². The fourth-order valence-corrected chi connectivity index (χ4v) is 9.88. The molecule has 11 nitrogen and oxygen atoms in total. The van der Waals surface area contributed by atoms with Crippen LogP contribution in [0.15, 0.2) is 24.3 Å². The molecule has 0 spiro atoms. The lowest BCUT2D eigenvalue weighted by Gasteiger charge is -2.21. The van der Waals surface area contributed by atoms with Crippen molar-refractivity contribution >= 4 is 25.7 Å². The molecule has 0 aromatic carbocycles. The maximum Gasteiger partial charge on any atom is 0.472 e. The van der Waals surface area contributed by atoms with Crippen molar-refractivity contribution in [1.29, 1.82) is 0 Å². The van der Waals surface area contributed by atoms with Crippen molar-refractivity contribution < 1.29 is 52.2 Å². The Morgan fingerprint density at radius 2 is 0.662 bits per heavy atom. The molecule has 436 valence electrons. The first-order valence-corrected chi connectivity index (χ1v) is 32.7. The van der Waals surface area contributed by atoms with Gasteiger partial charge >= 0.3 is 25.7 Å². The Kier molecular flexibility index (Phi) is 55.6. The number of rotatable bonds is 59. The van der Waals surface area contributed by atoms with E-state index < -0.39 is 57.8 Å². The van der Waals surface area contributed by atoms with Gasteiger partial charge in [-0.1, -0.05) is 270 Å². The third-order valence-corrected chi connectivity index (χ3v) is 14.8. The minimum atomic E-state index is -4.74. The van der Waals surface area contributed by atoms with Gasteiger partial charge in [0.1, 0.15) is 12.7 Å². The molecule has 0 bridgehead atoms. The monoisotopic (exact) mass is 1070 g/mol. The predicted octanol–water partition coefficient (Wildman–Crippen LogP) is 18.6. The minimum absolute atomic E-state index is 0.168. The van der Waals surface area contributed by atoms with Gasteiger partial charge in [-0.2, -0.15) is 0 Å². The quantitative estimate of drug-likeness (QED) is 0.0197. The van der Waals surface area contributed by atoms with Crippen LogP contribution in [0.25, 0.3) is 0 Å². The highest BCUT2D eigenvalue weighted by molar-refractivity contribution is 7.47. The SMILES string of the molecule is CCCCC/C=C\C/C=C\CCCCCCCCCCCC(=O)OC(COC(=O)CCCCCCCCCCCCC)COP(=O)(O)OCC(CO)OC(=O)CCCCCCCCCCCCCCCCCCC. The maximum absolute atomic E-state index is 12.9. The van der Waals surface area contributed by atoms with Crippen molar-refractivity contribution in [3.05, 3.63) is 24.3 Å². The molecule has 0 aliphatic carbocycles. The van der Waals surface area contributed by atoms with Crippen LogP contribution in [0.4, 0.5) is 0 Å². The van der Waals surface area contributed by atoms with Crippen LogP contribution in [0.1, 0.15) is 316 Å². The number of hydrogen-bond donors (Lipinski definition) is 2. The molecule has 3 atom stereocenters. The lowest BCUT2D eigenvalue weighted by Crippen LogP contribution is -2.30. The summed E-state index contributed by atoms with van der Waals surface area (Å²) >= 11 is 0. The summed E-state index contributed by atoms with van der Waals surface area (Å²) < 4.78 is 39.6. The molecule has 2 N–H and O–H groups in total. The zero-order valence-electron chi connectivity index (χ0n) is 48.3. The zero-order chi connectivity index (χ0) is 54.1. The van der Waals surface area contributed by atoms with Crippen molar-refractivity contribution in [3.8, 4) is 0 Å². The van der Waals surface area contributed by atoms with Gasteiger partial charge in [0, 0.05) is 19.3 Å². The first kappa shape index (κ1) is 72.0. The smallest absolute Gasteiger partial charge is 0.462 e. The van der Waals surface area contributed by atoms with E-state index in [0.717, 1.165) is 70.6 Å². The van der Waals surface area contributed by atoms with Gasteiger partial charge in [-0.05, 0) is 51.4 Å². The van der Waals surface area contributed by atoms with Gasteiger partial charge in [-0.3, -0.25) is 23.4 Å². The third kappa shape index (κ3) is 54.7. The molecule has 0 rings (SSSR count). The summed E-state index contributed by atoms with van der Waals surface area (Å²) in [6.45, 7) is 4.68. The van der Waals surface area contributed by atoms with Crippen LogP contribution >= 0.6 is 7.82 Å². The average Bonchev–Trinajstić information content (AvgIpc) is 3.39. The largest absolute Gasteiger partial charge is 0.472 e. The van der Waals surface area contributed by atoms with Gasteiger partial charge in [0.15, 0.2) is 6.10 Å². The van der Waals surface area contributed by atoms with Gasteiger partial charge < -0.3 is 24.2 Å². The van der Waals surface area contributed by atoms with Crippen LogP contribution in [0.5, 0.6) is 0 Å². The highest BCUT2D eigenvalue weighted by atomic mass is 31.2. The second-order valence-corrected chi connectivity index (χ2v) is 22.7. The van der Waals surface area contributed by atoms with E-state index in [1.165, 1.54) is 186 Å². The van der Waals surface area contributed by atoms with Crippen LogP contribution in [-0.4, -0.2) is 66.5 Å². The number of phosphoric ester groups is 1. The van der Waals surface area contributed by atoms with E-state index in [4.69, 9.17) is 23.3 Å². The summed E-state index contributed by atoms with van der Waals surface area (Å²) in [6, 6.07) is 0. The summed E-state index contributed by atoms with van der Waals surface area (Å²) in [7, 11) is -4.74. The van der Waals surface area contributed by atoms with E-state index in [0.29, 0.717) is 19.3 Å². The van der Waals surface area contributed by atoms with Crippen LogP contribution in [-0.2, 0) is 42.2 Å². The standard InChI is InChI=1S/C62H117O11P/c1-4-7-10-13-16-19-22-24-26-28-29-31-33-35-38-41-44-47-50-53-62(66)73-59(55-69-60(64)51-48-45-42-39-36-21-18-15-12-9-6-3)57-71-74(67,68)70-56-58(54-63)72-61(65)52-49-46-43-40-37-34-32-30-27-25-23-20-17-14-11-8-5-2/h16,19,24,26,58-59,63H,4-15,17-18,20-23,25,27-57H2,1-3H3,(H,67,68)/b19-16-,26-24-. The lowest BCUT2D eigenvalue weighted by molar-refractivity contribution is -0.161. The molecule has 0 aliphatic heterocycles. The highest BCUT2D eigenvalue weighted by Gasteiger charge is 2.28. The molecule has 0 saturated heterocycles. The number of hydrogen-bond acceptors (Lipinski definition) is 10. The van der Waals surface area contributed by atoms with Crippen LogP contribution in [0.2, 0.25) is 0 Å². The van der Waals surface area contributed by atoms with E-state index >= 15 is 0 Å². The zero-order valence-corrected chi connectivity index (χ0v) is 49.2. The normalized spacial score (nSPS) is 13.4. The number of carbonyl (C=O) groups is 3. The Morgan fingerprint density at radius 1 is 0.378 bits per heavy atom. The van der Waals surface area contributed by atoms with E-state index in [1.54, 1.807) is 0 Å². The molecule has 3 unspecified atom stereocenters. The number of aliphatic hydroxyl groups is 1. The Bertz CT molecular complexity index is 1340. The number of allylic oxidation sites excluding steroid dienone is 4. The van der Waals surface area contributed by atoms with Gasteiger partial charge in [0.2, 0.25) is 0 Å². The second kappa shape index (κ2) is 57.1. The minimum Gasteiger partial charge on any atom is -0.462 e. The Hall–Kier alpha value is -2.04. The molecule has 0 saturated carbocycles. The van der Waals surface area contributed by atoms with Crippen LogP contribution in [0, 0.1) is 0 Å². The first-order chi connectivity index (χ1) is 36.2. The molecule has 74 heavy (non-hydrogen) atoms. The number of phosphoric acid groups is 1. The molecular formula is C62H117O11P. The topological polar surface area (TPSA) is 155 Å². The van der Waals surface area contributed by atoms with Gasteiger partial charge in [0.05, 0.1) is 19.8 Å². The lowest BCUT2D eigenvalue weighted by atomic mass is 10.0. The molecule has 0 fully saturated rings. The molecule has 0 aromatic rings. The Balaban J connectivity index is 4.60. The van der Waals surface area contributed by atoms with Crippen molar-refractivity contribution in [3.63, 3.8) is 0 Å². The molecule has 0 radical (unpaired) electrons. The van der Waals surface area contributed by atoms with Crippen LogP contribution in [0.3, 0.4) is 0 Å². The third-order valence-electron chi connectivity index (χ3n) is 13.9. The van der Waals surface area contributed by atoms with Crippen molar-refractivity contribution in [1.82, 2.24) is 0 Å². The number of ether oxygens (including phenoxy) is 3. The summed E-state index contributed by atoms with van der Waals surface area (Å²) in [5.74, 6) is -1.44. The van der Waals surface area contributed by atoms with Crippen molar-refractivity contribution in [2.45, 2.75) is 328 Å². The maximum atomic E-state index is 12.9. The van der Waals surface area contributed by atoms with Gasteiger partial charge in [-0.15, -0.1) is 0 Å². The molecule has 12 heteroatoms. The Morgan fingerprint density at radius 3 is 1.03 bits per heavy atom.